The summed E-state index contributed by atoms with van der Waals surface area (Å²) in [5.74, 6) is -0.180. The number of oxazole rings is 1. The van der Waals surface area contributed by atoms with E-state index in [9.17, 15) is 9.59 Å². The van der Waals surface area contributed by atoms with E-state index < -0.39 is 11.5 Å². The van der Waals surface area contributed by atoms with Crippen LogP contribution < -0.4 is 10.9 Å². The number of benzene rings is 3. The number of anilines is 1. The molecule has 5 rings (SSSR count). The minimum Gasteiger partial charge on any atom is -0.436 e. The molecule has 0 unspecified atom stereocenters. The summed E-state index contributed by atoms with van der Waals surface area (Å²) >= 11 is 0. The fraction of sp³-hybridized carbons (Fsp3) is 0. The molecule has 2 aromatic heterocycles. The summed E-state index contributed by atoms with van der Waals surface area (Å²) in [6, 6.07) is 23.1. The third-order valence-corrected chi connectivity index (χ3v) is 4.59. The largest absolute Gasteiger partial charge is 0.436 e. The van der Waals surface area contributed by atoms with Gasteiger partial charge >= 0.3 is 5.63 Å². The molecule has 0 fully saturated rings. The van der Waals surface area contributed by atoms with Crippen LogP contribution in [0.2, 0.25) is 0 Å². The zero-order chi connectivity index (χ0) is 19.8. The molecule has 0 aliphatic heterocycles. The Kier molecular flexibility index (Phi) is 3.95. The van der Waals surface area contributed by atoms with Gasteiger partial charge in [0.15, 0.2) is 5.58 Å². The SMILES string of the molecule is O=C(Nc1ccccc1-c1nc2ccccc2o1)c1cc2ccccc2oc1=O. The van der Waals surface area contributed by atoms with Crippen LogP contribution in [0, 0.1) is 0 Å². The molecule has 1 N–H and O–H groups in total. The van der Waals surface area contributed by atoms with Crippen molar-refractivity contribution in [3.8, 4) is 11.5 Å². The molecular formula is C23H14N2O4. The summed E-state index contributed by atoms with van der Waals surface area (Å²) in [6.45, 7) is 0. The van der Waals surface area contributed by atoms with Gasteiger partial charge in [0.1, 0.15) is 16.7 Å². The second-order valence-electron chi connectivity index (χ2n) is 6.47. The van der Waals surface area contributed by atoms with Gasteiger partial charge in [-0.05, 0) is 36.4 Å². The van der Waals surface area contributed by atoms with Gasteiger partial charge in [-0.15, -0.1) is 0 Å². The lowest BCUT2D eigenvalue weighted by molar-refractivity contribution is 0.102. The first-order valence-corrected chi connectivity index (χ1v) is 8.98. The Morgan fingerprint density at radius 1 is 0.828 bits per heavy atom. The molecular weight excluding hydrogens is 368 g/mol. The van der Waals surface area contributed by atoms with Crippen molar-refractivity contribution in [3.05, 3.63) is 94.8 Å². The maximum Gasteiger partial charge on any atom is 0.349 e. The van der Waals surface area contributed by atoms with Crippen LogP contribution in [-0.4, -0.2) is 10.9 Å². The summed E-state index contributed by atoms with van der Waals surface area (Å²) in [4.78, 5) is 29.6. The van der Waals surface area contributed by atoms with E-state index in [1.54, 1.807) is 36.4 Å². The van der Waals surface area contributed by atoms with E-state index in [1.165, 1.54) is 6.07 Å². The molecule has 3 aromatic carbocycles. The number of fused-ring (bicyclic) bond motifs is 2. The van der Waals surface area contributed by atoms with E-state index in [0.29, 0.717) is 33.7 Å². The van der Waals surface area contributed by atoms with Crippen molar-refractivity contribution in [2.24, 2.45) is 0 Å². The van der Waals surface area contributed by atoms with Crippen LogP contribution in [0.15, 0.2) is 92.5 Å². The fourth-order valence-electron chi connectivity index (χ4n) is 3.18. The van der Waals surface area contributed by atoms with E-state index in [-0.39, 0.29) is 5.56 Å². The summed E-state index contributed by atoms with van der Waals surface area (Å²) in [7, 11) is 0. The van der Waals surface area contributed by atoms with Gasteiger partial charge in [0.25, 0.3) is 5.91 Å². The highest BCUT2D eigenvalue weighted by molar-refractivity contribution is 6.07. The van der Waals surface area contributed by atoms with Crippen LogP contribution in [0.25, 0.3) is 33.5 Å². The van der Waals surface area contributed by atoms with Crippen LogP contribution in [-0.2, 0) is 0 Å². The van der Waals surface area contributed by atoms with Crippen LogP contribution in [0.3, 0.4) is 0 Å². The molecule has 29 heavy (non-hydrogen) atoms. The lowest BCUT2D eigenvalue weighted by Gasteiger charge is -2.08. The van der Waals surface area contributed by atoms with E-state index >= 15 is 0 Å². The smallest absolute Gasteiger partial charge is 0.349 e. The van der Waals surface area contributed by atoms with Crippen molar-refractivity contribution >= 4 is 33.7 Å². The minimum absolute atomic E-state index is 0.0731. The number of para-hydroxylation sites is 4. The van der Waals surface area contributed by atoms with Crippen molar-refractivity contribution in [2.45, 2.75) is 0 Å². The van der Waals surface area contributed by atoms with Crippen molar-refractivity contribution in [1.82, 2.24) is 4.98 Å². The predicted molar refractivity (Wildman–Crippen MR) is 110 cm³/mol. The first-order chi connectivity index (χ1) is 14.2. The maximum absolute atomic E-state index is 12.8. The van der Waals surface area contributed by atoms with Crippen LogP contribution in [0.1, 0.15) is 10.4 Å². The number of amides is 1. The average molecular weight is 382 g/mol. The van der Waals surface area contributed by atoms with Gasteiger partial charge in [0, 0.05) is 5.39 Å². The van der Waals surface area contributed by atoms with E-state index in [2.05, 4.69) is 10.3 Å². The van der Waals surface area contributed by atoms with Gasteiger partial charge in [-0.3, -0.25) is 4.79 Å². The van der Waals surface area contributed by atoms with Gasteiger partial charge in [-0.25, -0.2) is 9.78 Å². The highest BCUT2D eigenvalue weighted by atomic mass is 16.4. The zero-order valence-electron chi connectivity index (χ0n) is 15.1. The Hall–Kier alpha value is -4.19. The molecule has 0 bridgehead atoms. The van der Waals surface area contributed by atoms with Gasteiger partial charge in [0.05, 0.1) is 11.3 Å². The Balaban J connectivity index is 1.54. The number of hydrogen-bond donors (Lipinski definition) is 1. The number of hydrogen-bond acceptors (Lipinski definition) is 5. The monoisotopic (exact) mass is 382 g/mol. The maximum atomic E-state index is 12.8. The fourth-order valence-corrected chi connectivity index (χ4v) is 3.18. The van der Waals surface area contributed by atoms with E-state index in [1.807, 2.05) is 36.4 Å². The number of aromatic nitrogens is 1. The molecule has 0 atom stereocenters. The lowest BCUT2D eigenvalue weighted by Crippen LogP contribution is -2.21. The molecule has 0 aliphatic rings. The van der Waals surface area contributed by atoms with Crippen molar-refractivity contribution in [3.63, 3.8) is 0 Å². The molecule has 6 nitrogen and oxygen atoms in total. The molecule has 0 spiro atoms. The Morgan fingerprint density at radius 2 is 1.55 bits per heavy atom. The van der Waals surface area contributed by atoms with Crippen LogP contribution in [0.4, 0.5) is 5.69 Å². The molecule has 0 saturated heterocycles. The van der Waals surface area contributed by atoms with Crippen LogP contribution >= 0.6 is 0 Å². The summed E-state index contributed by atoms with van der Waals surface area (Å²) in [6.07, 6.45) is 0. The molecule has 6 heteroatoms. The first-order valence-electron chi connectivity index (χ1n) is 8.98. The quantitative estimate of drug-likeness (QED) is 0.451. The van der Waals surface area contributed by atoms with E-state index in [4.69, 9.17) is 8.83 Å². The van der Waals surface area contributed by atoms with Gasteiger partial charge in [-0.2, -0.15) is 0 Å². The molecule has 1 amide bonds. The van der Waals surface area contributed by atoms with Gasteiger partial charge < -0.3 is 14.2 Å². The highest BCUT2D eigenvalue weighted by Gasteiger charge is 2.17. The van der Waals surface area contributed by atoms with Crippen molar-refractivity contribution in [1.29, 1.82) is 0 Å². The Morgan fingerprint density at radius 3 is 2.41 bits per heavy atom. The van der Waals surface area contributed by atoms with Crippen molar-refractivity contribution in [2.75, 3.05) is 5.32 Å². The zero-order valence-corrected chi connectivity index (χ0v) is 15.1. The Labute approximate surface area is 164 Å². The molecule has 5 aromatic rings. The third-order valence-electron chi connectivity index (χ3n) is 4.59. The normalized spacial score (nSPS) is 11.0. The number of rotatable bonds is 3. The number of nitrogens with one attached hydrogen (secondary N) is 1. The van der Waals surface area contributed by atoms with Crippen molar-refractivity contribution < 1.29 is 13.6 Å². The molecule has 0 aliphatic carbocycles. The lowest BCUT2D eigenvalue weighted by atomic mass is 10.1. The molecule has 0 radical (unpaired) electrons. The first kappa shape index (κ1) is 16.9. The minimum atomic E-state index is -0.694. The molecule has 2 heterocycles. The average Bonchev–Trinajstić information content (AvgIpc) is 3.17. The predicted octanol–water partition coefficient (Wildman–Crippen LogP) is 4.85. The summed E-state index contributed by atoms with van der Waals surface area (Å²) in [5.41, 5.74) is 2.13. The molecule has 0 saturated carbocycles. The number of carbonyl (C=O) groups is 1. The number of nitrogens with zero attached hydrogens (tertiary/aromatic N) is 1. The summed E-state index contributed by atoms with van der Waals surface area (Å²) in [5, 5.41) is 3.45. The highest BCUT2D eigenvalue weighted by Crippen LogP contribution is 2.30. The Bertz CT molecular complexity index is 1400. The molecule has 140 valence electrons. The summed E-state index contributed by atoms with van der Waals surface area (Å²) < 4.78 is 11.1. The second-order valence-corrected chi connectivity index (χ2v) is 6.47. The third kappa shape index (κ3) is 3.06. The van der Waals surface area contributed by atoms with E-state index in [0.717, 1.165) is 5.52 Å². The van der Waals surface area contributed by atoms with Gasteiger partial charge in [0.2, 0.25) is 5.89 Å². The van der Waals surface area contributed by atoms with Crippen LogP contribution in [0.5, 0.6) is 0 Å². The second kappa shape index (κ2) is 6.76. The van der Waals surface area contributed by atoms with Gasteiger partial charge in [-0.1, -0.05) is 42.5 Å². The topological polar surface area (TPSA) is 85.3 Å². The standard InChI is InChI=1S/C23H14N2O4/c26-21(16-13-14-7-1-5-11-19(14)29-23(16)27)24-17-9-3-2-8-15(17)22-25-18-10-4-6-12-20(18)28-22/h1-13H,(H,24,26). The number of carbonyl (C=O) groups excluding carboxylic acids is 1.